The lowest BCUT2D eigenvalue weighted by Gasteiger charge is -2.19. The lowest BCUT2D eigenvalue weighted by molar-refractivity contribution is -0.161. The maximum absolute atomic E-state index is 12.8. The Morgan fingerprint density at radius 1 is 0.333 bits per heavy atom. The second kappa shape index (κ2) is 78.4. The van der Waals surface area contributed by atoms with Crippen LogP contribution in [0.3, 0.4) is 0 Å². The van der Waals surface area contributed by atoms with Crippen molar-refractivity contribution in [2.45, 2.75) is 418 Å². The molecular weight excluding hydrogens is 1170 g/mol. The van der Waals surface area contributed by atoms with Gasteiger partial charge in [0, 0.05) is 19.4 Å². The van der Waals surface area contributed by atoms with Crippen LogP contribution < -0.4 is 5.73 Å². The third kappa shape index (κ3) is 78.3. The van der Waals surface area contributed by atoms with Crippen LogP contribution in [0.15, 0.2) is 72.9 Å². The number of carbonyl (C=O) groups is 2. The zero-order valence-corrected chi connectivity index (χ0v) is 62.4. The number of ether oxygens (including phenoxy) is 2. The first kappa shape index (κ1) is 90.5. The summed E-state index contributed by atoms with van der Waals surface area (Å²) in [5.41, 5.74) is 5.42. The van der Waals surface area contributed by atoms with E-state index in [1.54, 1.807) is 0 Å². The molecule has 0 aliphatic rings. The number of unbranched alkanes of at least 4 members (excludes halogenated alkanes) is 52. The first-order chi connectivity index (χ1) is 45.8. The summed E-state index contributed by atoms with van der Waals surface area (Å²) in [7, 11) is -4.40. The maximum Gasteiger partial charge on any atom is 0.472 e. The predicted molar refractivity (Wildman–Crippen MR) is 404 cm³/mol. The van der Waals surface area contributed by atoms with Gasteiger partial charge in [0.25, 0.3) is 0 Å². The quantitative estimate of drug-likeness (QED) is 0.0264. The number of allylic oxidation sites excluding steroid dienone is 12. The molecule has 9 nitrogen and oxygen atoms in total. The molecule has 0 amide bonds. The van der Waals surface area contributed by atoms with Crippen molar-refractivity contribution in [1.29, 1.82) is 0 Å². The highest BCUT2D eigenvalue weighted by Gasteiger charge is 2.26. The molecule has 0 bridgehead atoms. The molecular formula is C83H154NO8P. The van der Waals surface area contributed by atoms with E-state index < -0.39 is 26.5 Å². The zero-order valence-electron chi connectivity index (χ0n) is 61.5. The van der Waals surface area contributed by atoms with Crippen molar-refractivity contribution in [3.8, 4) is 0 Å². The van der Waals surface area contributed by atoms with Crippen LogP contribution in [0.4, 0.5) is 0 Å². The molecule has 0 rings (SSSR count). The highest BCUT2D eigenvalue weighted by atomic mass is 31.2. The third-order valence-corrected chi connectivity index (χ3v) is 19.1. The van der Waals surface area contributed by atoms with Gasteiger partial charge in [-0.05, 0) is 83.5 Å². The molecule has 0 aromatic rings. The number of phosphoric ester groups is 1. The van der Waals surface area contributed by atoms with E-state index >= 15 is 0 Å². The van der Waals surface area contributed by atoms with Crippen LogP contribution in [-0.2, 0) is 32.7 Å². The smallest absolute Gasteiger partial charge is 0.462 e. The van der Waals surface area contributed by atoms with Crippen molar-refractivity contribution in [1.82, 2.24) is 0 Å². The average molecular weight is 1330 g/mol. The fourth-order valence-electron chi connectivity index (χ4n) is 12.1. The summed E-state index contributed by atoms with van der Waals surface area (Å²) >= 11 is 0. The molecule has 0 heterocycles. The van der Waals surface area contributed by atoms with Crippen molar-refractivity contribution in [3.63, 3.8) is 0 Å². The molecule has 0 aromatic heterocycles. The molecule has 544 valence electrons. The SMILES string of the molecule is CC/C=C\C/C=C\C/C=C\C/C=C\CCCCCCCCCCCCCCCCCCCCCCCCCCCCCCC(=O)OC(COC(=O)CCCCCCCCCCCCCCCCCCCCC/C=C\C/C=C\CCCCCCC)COP(=O)(O)OCCN. The van der Waals surface area contributed by atoms with Crippen LogP contribution in [0, 0.1) is 0 Å². The van der Waals surface area contributed by atoms with Gasteiger partial charge in [0.05, 0.1) is 13.2 Å². The Morgan fingerprint density at radius 3 is 0.882 bits per heavy atom. The van der Waals surface area contributed by atoms with E-state index in [2.05, 4.69) is 86.8 Å². The van der Waals surface area contributed by atoms with Gasteiger partial charge in [-0.15, -0.1) is 0 Å². The predicted octanol–water partition coefficient (Wildman–Crippen LogP) is 27.1. The molecule has 0 aromatic carbocycles. The summed E-state index contributed by atoms with van der Waals surface area (Å²) in [6.45, 7) is 3.69. The summed E-state index contributed by atoms with van der Waals surface area (Å²) in [6.07, 6.45) is 105. The zero-order chi connectivity index (χ0) is 67.2. The molecule has 0 fully saturated rings. The minimum atomic E-state index is -4.40. The van der Waals surface area contributed by atoms with E-state index in [1.165, 1.54) is 315 Å². The molecule has 0 aliphatic carbocycles. The van der Waals surface area contributed by atoms with Crippen molar-refractivity contribution >= 4 is 19.8 Å². The molecule has 3 N–H and O–H groups in total. The van der Waals surface area contributed by atoms with Gasteiger partial charge in [-0.1, -0.05) is 389 Å². The topological polar surface area (TPSA) is 134 Å². The largest absolute Gasteiger partial charge is 0.472 e. The monoisotopic (exact) mass is 1320 g/mol. The third-order valence-electron chi connectivity index (χ3n) is 18.1. The van der Waals surface area contributed by atoms with E-state index in [1.807, 2.05) is 0 Å². The minimum Gasteiger partial charge on any atom is -0.462 e. The van der Waals surface area contributed by atoms with Crippen LogP contribution >= 0.6 is 7.82 Å². The van der Waals surface area contributed by atoms with Crippen LogP contribution in [0.25, 0.3) is 0 Å². The number of esters is 2. The number of phosphoric acid groups is 1. The fourth-order valence-corrected chi connectivity index (χ4v) is 12.9. The van der Waals surface area contributed by atoms with Crippen molar-refractivity contribution in [2.24, 2.45) is 5.73 Å². The maximum atomic E-state index is 12.8. The summed E-state index contributed by atoms with van der Waals surface area (Å²) in [4.78, 5) is 35.5. The van der Waals surface area contributed by atoms with Crippen molar-refractivity contribution in [2.75, 3.05) is 26.4 Å². The molecule has 0 saturated heterocycles. The van der Waals surface area contributed by atoms with Crippen LogP contribution in [0.1, 0.15) is 412 Å². The van der Waals surface area contributed by atoms with E-state index in [0.717, 1.165) is 64.2 Å². The van der Waals surface area contributed by atoms with Gasteiger partial charge < -0.3 is 20.1 Å². The van der Waals surface area contributed by atoms with Gasteiger partial charge in [-0.2, -0.15) is 0 Å². The Balaban J connectivity index is 3.74. The molecule has 2 unspecified atom stereocenters. The minimum absolute atomic E-state index is 0.0553. The Morgan fingerprint density at radius 2 is 0.591 bits per heavy atom. The highest BCUT2D eigenvalue weighted by Crippen LogP contribution is 2.43. The number of hydrogen-bond donors (Lipinski definition) is 2. The Labute approximate surface area is 577 Å². The summed E-state index contributed by atoms with van der Waals surface area (Å²) < 4.78 is 33.3. The summed E-state index contributed by atoms with van der Waals surface area (Å²) in [6, 6.07) is 0. The summed E-state index contributed by atoms with van der Waals surface area (Å²) in [5.74, 6) is -0.804. The van der Waals surface area contributed by atoms with E-state index in [0.29, 0.717) is 6.42 Å². The lowest BCUT2D eigenvalue weighted by atomic mass is 10.0. The first-order valence-electron chi connectivity index (χ1n) is 40.4. The van der Waals surface area contributed by atoms with E-state index in [4.69, 9.17) is 24.3 Å². The number of nitrogens with two attached hydrogens (primary N) is 1. The van der Waals surface area contributed by atoms with Crippen LogP contribution in [-0.4, -0.2) is 49.3 Å². The number of rotatable bonds is 77. The number of carbonyl (C=O) groups excluding carboxylic acids is 2. The van der Waals surface area contributed by atoms with Crippen molar-refractivity contribution < 1.29 is 37.6 Å². The van der Waals surface area contributed by atoms with Gasteiger partial charge in [0.2, 0.25) is 0 Å². The van der Waals surface area contributed by atoms with Crippen LogP contribution in [0.5, 0.6) is 0 Å². The molecule has 93 heavy (non-hydrogen) atoms. The molecule has 0 radical (unpaired) electrons. The Hall–Kier alpha value is -2.55. The van der Waals surface area contributed by atoms with E-state index in [9.17, 15) is 19.0 Å². The lowest BCUT2D eigenvalue weighted by Crippen LogP contribution is -2.29. The molecule has 0 saturated carbocycles. The molecule has 10 heteroatoms. The van der Waals surface area contributed by atoms with Gasteiger partial charge >= 0.3 is 19.8 Å². The second-order valence-corrected chi connectivity index (χ2v) is 28.7. The Bertz CT molecular complexity index is 1760. The van der Waals surface area contributed by atoms with Crippen LogP contribution in [0.2, 0.25) is 0 Å². The van der Waals surface area contributed by atoms with Gasteiger partial charge in [-0.3, -0.25) is 18.6 Å². The standard InChI is InChI=1S/C83H154NO8P/c1-3-5-7-9-11-13-15-17-19-21-23-25-27-29-31-33-35-36-37-38-39-40-41-42-43-44-46-48-50-52-54-56-58-60-62-64-66-68-70-72-74-76-83(86)92-81(80-91-93(87,88)90-78-77-84)79-89-82(85)75-73-71-69-67-65-63-61-59-57-55-53-51-49-47-45-34-32-30-28-26-24-22-20-18-16-14-12-10-8-6-4-2/h5,7,11,13,16-19,22-25,81H,3-4,6,8-10,12,14-15,20-21,26-80,84H2,1-2H3,(H,87,88)/b7-5-,13-11-,18-16-,19-17-,24-22-,25-23-. The average Bonchev–Trinajstić information content (AvgIpc) is 3.49. The fraction of sp³-hybridized carbons (Fsp3) is 0.831. The second-order valence-electron chi connectivity index (χ2n) is 27.3. The highest BCUT2D eigenvalue weighted by molar-refractivity contribution is 7.47. The molecule has 0 spiro atoms. The first-order valence-corrected chi connectivity index (χ1v) is 41.9. The summed E-state index contributed by atoms with van der Waals surface area (Å²) in [5, 5.41) is 0. The molecule has 2 atom stereocenters. The number of hydrogen-bond acceptors (Lipinski definition) is 8. The van der Waals surface area contributed by atoms with E-state index in [-0.39, 0.29) is 38.6 Å². The normalized spacial score (nSPS) is 13.2. The van der Waals surface area contributed by atoms with Crippen molar-refractivity contribution in [3.05, 3.63) is 72.9 Å². The molecule has 0 aliphatic heterocycles. The van der Waals surface area contributed by atoms with Gasteiger partial charge in [0.1, 0.15) is 6.61 Å². The van der Waals surface area contributed by atoms with Gasteiger partial charge in [-0.25, -0.2) is 4.57 Å². The Kier molecular flexibility index (Phi) is 76.3. The van der Waals surface area contributed by atoms with Gasteiger partial charge in [0.15, 0.2) is 6.10 Å².